The first kappa shape index (κ1) is 11.8. The van der Waals surface area contributed by atoms with Crippen LogP contribution in [0.5, 0.6) is 0 Å². The Kier molecular flexibility index (Phi) is 2.74. The number of anilines is 1. The molecule has 1 aromatic carbocycles. The van der Waals surface area contributed by atoms with E-state index in [4.69, 9.17) is 5.73 Å². The highest BCUT2D eigenvalue weighted by Crippen LogP contribution is 2.32. The molecule has 98 valence electrons. The first-order chi connectivity index (χ1) is 9.13. The van der Waals surface area contributed by atoms with Gasteiger partial charge >= 0.3 is 0 Å². The van der Waals surface area contributed by atoms with E-state index < -0.39 is 0 Å². The van der Waals surface area contributed by atoms with Crippen LogP contribution in [0, 0.1) is 0 Å². The van der Waals surface area contributed by atoms with E-state index in [-0.39, 0.29) is 11.9 Å². The maximum Gasteiger partial charge on any atom is 0.254 e. The van der Waals surface area contributed by atoms with Crippen molar-refractivity contribution >= 4 is 11.6 Å². The van der Waals surface area contributed by atoms with Gasteiger partial charge in [-0.2, -0.15) is 5.10 Å². The smallest absolute Gasteiger partial charge is 0.254 e. The Morgan fingerprint density at radius 1 is 1.53 bits per heavy atom. The molecule has 5 nitrogen and oxygen atoms in total. The van der Waals surface area contributed by atoms with Crippen molar-refractivity contribution in [1.29, 1.82) is 0 Å². The number of nitrogens with one attached hydrogen (secondary N) is 1. The molecule has 1 amide bonds. The highest BCUT2D eigenvalue weighted by molar-refractivity contribution is 5.94. The Bertz CT molecular complexity index is 632. The summed E-state index contributed by atoms with van der Waals surface area (Å²) in [4.78, 5) is 12.1. The molecular weight excluding hydrogens is 240 g/mol. The first-order valence-electron chi connectivity index (χ1n) is 6.31. The third kappa shape index (κ3) is 2.19. The third-order valence-electron chi connectivity index (χ3n) is 3.52. The number of nitrogens with zero attached hydrogens (tertiary/aromatic N) is 2. The second-order valence-electron chi connectivity index (χ2n) is 4.93. The molecule has 2 aromatic rings. The van der Waals surface area contributed by atoms with E-state index in [1.165, 1.54) is 11.1 Å². The molecule has 3 rings (SSSR count). The van der Waals surface area contributed by atoms with E-state index in [0.29, 0.717) is 5.56 Å². The van der Waals surface area contributed by atoms with Gasteiger partial charge in [0.2, 0.25) is 0 Å². The first-order valence-corrected chi connectivity index (χ1v) is 6.31. The molecule has 0 spiro atoms. The van der Waals surface area contributed by atoms with E-state index in [1.807, 2.05) is 18.2 Å². The highest BCUT2D eigenvalue weighted by atomic mass is 16.1. The topological polar surface area (TPSA) is 72.9 Å². The van der Waals surface area contributed by atoms with Crippen LogP contribution in [0.2, 0.25) is 0 Å². The fraction of sp³-hybridized carbons (Fsp3) is 0.286. The number of rotatable bonds is 2. The predicted octanol–water partition coefficient (Wildman–Crippen LogP) is 1.42. The minimum Gasteiger partial charge on any atom is -0.399 e. The van der Waals surface area contributed by atoms with Crippen LogP contribution in [0.15, 0.2) is 30.6 Å². The summed E-state index contributed by atoms with van der Waals surface area (Å²) < 4.78 is 1.62. The Labute approximate surface area is 111 Å². The lowest BCUT2D eigenvalue weighted by Crippen LogP contribution is -2.26. The van der Waals surface area contributed by atoms with Crippen molar-refractivity contribution in [3.8, 4) is 0 Å². The summed E-state index contributed by atoms with van der Waals surface area (Å²) in [7, 11) is 1.80. The summed E-state index contributed by atoms with van der Waals surface area (Å²) in [6.45, 7) is 0. The normalized spacial score (nSPS) is 17.2. The van der Waals surface area contributed by atoms with Crippen LogP contribution >= 0.6 is 0 Å². The number of nitrogen functional groups attached to an aromatic ring is 1. The van der Waals surface area contributed by atoms with Crippen LogP contribution in [0.4, 0.5) is 5.69 Å². The summed E-state index contributed by atoms with van der Waals surface area (Å²) in [5.41, 5.74) is 9.54. The maximum atomic E-state index is 12.1. The Hall–Kier alpha value is -2.30. The summed E-state index contributed by atoms with van der Waals surface area (Å²) in [6, 6.07) is 5.95. The zero-order chi connectivity index (χ0) is 13.4. The highest BCUT2D eigenvalue weighted by Gasteiger charge is 2.24. The van der Waals surface area contributed by atoms with Crippen molar-refractivity contribution in [2.24, 2.45) is 7.05 Å². The van der Waals surface area contributed by atoms with Crippen LogP contribution in [-0.4, -0.2) is 15.7 Å². The maximum absolute atomic E-state index is 12.1. The molecule has 3 N–H and O–H groups in total. The molecule has 0 aliphatic heterocycles. The van der Waals surface area contributed by atoms with Gasteiger partial charge in [-0.05, 0) is 36.1 Å². The van der Waals surface area contributed by atoms with E-state index >= 15 is 0 Å². The molecule has 1 aliphatic rings. The number of fused-ring (bicyclic) bond motifs is 1. The number of amides is 1. The van der Waals surface area contributed by atoms with Gasteiger partial charge in [0.25, 0.3) is 5.91 Å². The molecule has 1 aliphatic carbocycles. The van der Waals surface area contributed by atoms with Gasteiger partial charge in [-0.25, -0.2) is 0 Å². The summed E-state index contributed by atoms with van der Waals surface area (Å²) in [5.74, 6) is -0.0808. The number of hydrogen-bond acceptors (Lipinski definition) is 3. The molecule has 1 atom stereocenters. The third-order valence-corrected chi connectivity index (χ3v) is 3.52. The zero-order valence-corrected chi connectivity index (χ0v) is 10.8. The number of hydrogen-bond donors (Lipinski definition) is 2. The minimum atomic E-state index is -0.0808. The van der Waals surface area contributed by atoms with Gasteiger partial charge in [0.15, 0.2) is 0 Å². The van der Waals surface area contributed by atoms with Crippen molar-refractivity contribution in [2.75, 3.05) is 5.73 Å². The van der Waals surface area contributed by atoms with Gasteiger partial charge < -0.3 is 11.1 Å². The Morgan fingerprint density at radius 2 is 2.37 bits per heavy atom. The fourth-order valence-corrected chi connectivity index (χ4v) is 2.57. The number of benzene rings is 1. The quantitative estimate of drug-likeness (QED) is 0.798. The molecule has 19 heavy (non-hydrogen) atoms. The average molecular weight is 256 g/mol. The SMILES string of the molecule is Cn1cc(C(=O)NC2CCc3cc(N)ccc32)cn1. The molecule has 0 bridgehead atoms. The molecule has 5 heteroatoms. The number of aromatic nitrogens is 2. The van der Waals surface area contributed by atoms with E-state index in [9.17, 15) is 4.79 Å². The average Bonchev–Trinajstić information content (AvgIpc) is 2.96. The minimum absolute atomic E-state index is 0.0725. The lowest BCUT2D eigenvalue weighted by molar-refractivity contribution is 0.0936. The molecule has 0 saturated heterocycles. The van der Waals surface area contributed by atoms with Crippen molar-refractivity contribution in [3.63, 3.8) is 0 Å². The number of carbonyl (C=O) groups excluding carboxylic acids is 1. The predicted molar refractivity (Wildman–Crippen MR) is 72.6 cm³/mol. The fourth-order valence-electron chi connectivity index (χ4n) is 2.57. The summed E-state index contributed by atoms with van der Waals surface area (Å²) in [6.07, 6.45) is 5.17. The van der Waals surface area contributed by atoms with Gasteiger partial charge in [0, 0.05) is 18.9 Å². The van der Waals surface area contributed by atoms with Gasteiger partial charge in [0.1, 0.15) is 0 Å². The Balaban J connectivity index is 1.78. The summed E-state index contributed by atoms with van der Waals surface area (Å²) in [5, 5.41) is 7.06. The van der Waals surface area contributed by atoms with Crippen LogP contribution in [-0.2, 0) is 13.5 Å². The van der Waals surface area contributed by atoms with Gasteiger partial charge in [0.05, 0.1) is 17.8 Å². The van der Waals surface area contributed by atoms with Crippen LogP contribution < -0.4 is 11.1 Å². The molecule has 0 fully saturated rings. The number of carbonyl (C=O) groups is 1. The monoisotopic (exact) mass is 256 g/mol. The molecular formula is C14H16N4O. The van der Waals surface area contributed by atoms with Crippen molar-refractivity contribution < 1.29 is 4.79 Å². The van der Waals surface area contributed by atoms with Crippen LogP contribution in [0.3, 0.4) is 0 Å². The standard InChI is InChI=1S/C14H16N4O/c1-18-8-10(7-16-18)14(19)17-13-5-2-9-6-11(15)3-4-12(9)13/h3-4,6-8,13H,2,5,15H2,1H3,(H,17,19). The van der Waals surface area contributed by atoms with Gasteiger partial charge in [-0.3, -0.25) is 9.48 Å². The molecule has 0 radical (unpaired) electrons. The van der Waals surface area contributed by atoms with Crippen molar-refractivity contribution in [3.05, 3.63) is 47.3 Å². The second-order valence-corrected chi connectivity index (χ2v) is 4.93. The van der Waals surface area contributed by atoms with Gasteiger partial charge in [-0.15, -0.1) is 0 Å². The van der Waals surface area contributed by atoms with E-state index in [1.54, 1.807) is 24.1 Å². The second kappa shape index (κ2) is 4.42. The molecule has 1 heterocycles. The van der Waals surface area contributed by atoms with Crippen molar-refractivity contribution in [1.82, 2.24) is 15.1 Å². The molecule has 0 saturated carbocycles. The van der Waals surface area contributed by atoms with E-state index in [0.717, 1.165) is 18.5 Å². The summed E-state index contributed by atoms with van der Waals surface area (Å²) >= 11 is 0. The van der Waals surface area contributed by atoms with Gasteiger partial charge in [-0.1, -0.05) is 6.07 Å². The molecule has 1 unspecified atom stereocenters. The van der Waals surface area contributed by atoms with Crippen LogP contribution in [0.1, 0.15) is 33.9 Å². The van der Waals surface area contributed by atoms with Crippen LogP contribution in [0.25, 0.3) is 0 Å². The number of nitrogens with two attached hydrogens (primary N) is 1. The largest absolute Gasteiger partial charge is 0.399 e. The molecule has 1 aromatic heterocycles. The number of aryl methyl sites for hydroxylation is 2. The lowest BCUT2D eigenvalue weighted by Gasteiger charge is -2.13. The van der Waals surface area contributed by atoms with Crippen molar-refractivity contribution in [2.45, 2.75) is 18.9 Å². The van der Waals surface area contributed by atoms with E-state index in [2.05, 4.69) is 10.4 Å². The zero-order valence-electron chi connectivity index (χ0n) is 10.8. The lowest BCUT2D eigenvalue weighted by atomic mass is 10.1. The Morgan fingerprint density at radius 3 is 3.11 bits per heavy atom.